The molecule has 0 unspecified atom stereocenters. The summed E-state index contributed by atoms with van der Waals surface area (Å²) in [5, 5.41) is 3.80. The molecule has 0 spiro atoms. The molecular formula is C24H23ClN4O3S2. The smallest absolute Gasteiger partial charge is 0.267 e. The van der Waals surface area contributed by atoms with Gasteiger partial charge in [-0.25, -0.2) is 4.98 Å². The van der Waals surface area contributed by atoms with Crippen LogP contribution in [0.15, 0.2) is 52.3 Å². The molecule has 1 fully saturated rings. The summed E-state index contributed by atoms with van der Waals surface area (Å²) in [4.78, 5) is 33.2. The number of halogens is 1. The zero-order valence-electron chi connectivity index (χ0n) is 18.7. The minimum absolute atomic E-state index is 0.262. The van der Waals surface area contributed by atoms with E-state index in [9.17, 15) is 9.59 Å². The van der Waals surface area contributed by atoms with E-state index in [1.807, 2.05) is 31.2 Å². The molecule has 2 aromatic heterocycles. The lowest BCUT2D eigenvalue weighted by molar-refractivity contribution is -0.122. The number of fused-ring (bicyclic) bond motifs is 1. The number of nitrogens with one attached hydrogen (secondary N) is 1. The van der Waals surface area contributed by atoms with Gasteiger partial charge in [0.2, 0.25) is 0 Å². The fourth-order valence-electron chi connectivity index (χ4n) is 3.56. The third-order valence-corrected chi connectivity index (χ3v) is 7.08. The first-order valence-corrected chi connectivity index (χ1v) is 12.2. The molecule has 0 saturated carbocycles. The van der Waals surface area contributed by atoms with E-state index >= 15 is 0 Å². The van der Waals surface area contributed by atoms with Crippen LogP contribution in [0.4, 0.5) is 5.82 Å². The average Bonchev–Trinajstić information content (AvgIpc) is 3.08. The molecule has 1 amide bonds. The highest BCUT2D eigenvalue weighted by Gasteiger charge is 2.33. The van der Waals surface area contributed by atoms with Crippen molar-refractivity contribution in [3.8, 4) is 0 Å². The van der Waals surface area contributed by atoms with E-state index in [0.29, 0.717) is 44.4 Å². The Morgan fingerprint density at radius 3 is 2.79 bits per heavy atom. The van der Waals surface area contributed by atoms with E-state index in [1.165, 1.54) is 9.30 Å². The number of methoxy groups -OCH3 is 1. The van der Waals surface area contributed by atoms with Crippen molar-refractivity contribution in [1.82, 2.24) is 14.3 Å². The predicted molar refractivity (Wildman–Crippen MR) is 141 cm³/mol. The van der Waals surface area contributed by atoms with Gasteiger partial charge in [0.05, 0.1) is 17.0 Å². The number of thiocarbonyl (C=S) groups is 1. The molecule has 1 saturated heterocycles. The molecule has 0 radical (unpaired) electrons. The van der Waals surface area contributed by atoms with Crippen molar-refractivity contribution >= 4 is 63.3 Å². The number of carbonyl (C=O) groups is 1. The molecule has 3 heterocycles. The van der Waals surface area contributed by atoms with Gasteiger partial charge >= 0.3 is 0 Å². The van der Waals surface area contributed by atoms with E-state index in [2.05, 4.69) is 5.32 Å². The first-order valence-electron chi connectivity index (χ1n) is 10.6. The summed E-state index contributed by atoms with van der Waals surface area (Å²) in [7, 11) is 1.64. The minimum atomic E-state index is -0.269. The monoisotopic (exact) mass is 514 g/mol. The van der Waals surface area contributed by atoms with Crippen LogP contribution in [0, 0.1) is 6.92 Å². The lowest BCUT2D eigenvalue weighted by atomic mass is 10.2. The lowest BCUT2D eigenvalue weighted by Crippen LogP contribution is -2.27. The number of rotatable bonds is 8. The van der Waals surface area contributed by atoms with E-state index in [0.717, 1.165) is 29.3 Å². The zero-order valence-corrected chi connectivity index (χ0v) is 21.1. The van der Waals surface area contributed by atoms with Crippen molar-refractivity contribution in [2.75, 3.05) is 25.6 Å². The van der Waals surface area contributed by atoms with Crippen molar-refractivity contribution in [2.45, 2.75) is 19.9 Å². The number of thioether (sulfide) groups is 1. The van der Waals surface area contributed by atoms with Gasteiger partial charge in [0.15, 0.2) is 0 Å². The van der Waals surface area contributed by atoms with Gasteiger partial charge in [0, 0.05) is 31.5 Å². The number of carbonyl (C=O) groups excluding carboxylic acids is 1. The Bertz CT molecular complexity index is 1360. The SMILES string of the molecule is COCCCNc1nc2c(C)cccn2c(=O)c1C=C1SC(=S)N(Cc2ccccc2Cl)C1=O. The Kier molecular flexibility index (Phi) is 7.67. The van der Waals surface area contributed by atoms with Gasteiger partial charge in [-0.1, -0.05) is 59.8 Å². The summed E-state index contributed by atoms with van der Waals surface area (Å²) in [6.07, 6.45) is 3.99. The molecule has 0 atom stereocenters. The summed E-state index contributed by atoms with van der Waals surface area (Å²) >= 11 is 12.9. The number of hydrogen-bond acceptors (Lipinski definition) is 7. The molecule has 3 aromatic rings. The van der Waals surface area contributed by atoms with Crippen LogP contribution in [-0.4, -0.2) is 44.8 Å². The maximum Gasteiger partial charge on any atom is 0.267 e. The highest BCUT2D eigenvalue weighted by Crippen LogP contribution is 2.34. The predicted octanol–water partition coefficient (Wildman–Crippen LogP) is 4.51. The largest absolute Gasteiger partial charge is 0.385 e. The second kappa shape index (κ2) is 10.7. The fourth-order valence-corrected chi connectivity index (χ4v) is 5.00. The lowest BCUT2D eigenvalue weighted by Gasteiger charge is -2.15. The van der Waals surface area contributed by atoms with Gasteiger partial charge < -0.3 is 10.1 Å². The van der Waals surface area contributed by atoms with Crippen molar-refractivity contribution < 1.29 is 9.53 Å². The number of pyridine rings is 1. The van der Waals surface area contributed by atoms with E-state index < -0.39 is 0 Å². The molecular weight excluding hydrogens is 492 g/mol. The molecule has 10 heteroatoms. The molecule has 7 nitrogen and oxygen atoms in total. The van der Waals surface area contributed by atoms with Crippen molar-refractivity contribution in [2.24, 2.45) is 0 Å². The molecule has 0 bridgehead atoms. The van der Waals surface area contributed by atoms with Crippen molar-refractivity contribution in [3.05, 3.63) is 79.6 Å². The number of anilines is 1. The van der Waals surface area contributed by atoms with E-state index in [-0.39, 0.29) is 18.0 Å². The summed E-state index contributed by atoms with van der Waals surface area (Å²) in [6, 6.07) is 11.0. The Labute approximate surface area is 211 Å². The van der Waals surface area contributed by atoms with Crippen LogP contribution in [0.2, 0.25) is 5.02 Å². The first-order chi connectivity index (χ1) is 16.4. The van der Waals surface area contributed by atoms with Crippen LogP contribution >= 0.6 is 35.6 Å². The van der Waals surface area contributed by atoms with Crippen LogP contribution in [0.3, 0.4) is 0 Å². The van der Waals surface area contributed by atoms with Crippen LogP contribution in [0.5, 0.6) is 0 Å². The molecule has 1 aliphatic rings. The highest BCUT2D eigenvalue weighted by atomic mass is 35.5. The van der Waals surface area contributed by atoms with Gasteiger partial charge in [0.1, 0.15) is 15.8 Å². The second-order valence-corrected chi connectivity index (χ2v) is 9.78. The topological polar surface area (TPSA) is 75.9 Å². The summed E-state index contributed by atoms with van der Waals surface area (Å²) in [5.74, 6) is 0.153. The standard InChI is InChI=1S/C24H23ClN4O3S2/c1-15-7-5-11-28-21(15)27-20(26-10-6-12-32-2)17(22(28)30)13-19-23(31)29(24(33)34-19)14-16-8-3-4-9-18(16)25/h3-5,7-9,11,13,26H,6,10,12,14H2,1-2H3. The Hall–Kier alpha value is -2.72. The maximum atomic E-state index is 13.4. The molecule has 1 aliphatic heterocycles. The number of aromatic nitrogens is 2. The summed E-state index contributed by atoms with van der Waals surface area (Å²) < 4.78 is 7.01. The fraction of sp³-hybridized carbons (Fsp3) is 0.250. The Balaban J connectivity index is 1.72. The first kappa shape index (κ1) is 24.4. The molecule has 0 aliphatic carbocycles. The molecule has 1 N–H and O–H groups in total. The number of nitrogens with zero attached hydrogens (tertiary/aromatic N) is 3. The molecule has 176 valence electrons. The number of aryl methyl sites for hydroxylation is 1. The van der Waals surface area contributed by atoms with Gasteiger partial charge in [-0.2, -0.15) is 0 Å². The molecule has 1 aromatic carbocycles. The van der Waals surface area contributed by atoms with Crippen LogP contribution in [0.1, 0.15) is 23.1 Å². The maximum absolute atomic E-state index is 13.4. The molecule has 4 rings (SSSR count). The number of amides is 1. The van der Waals surface area contributed by atoms with Crippen molar-refractivity contribution in [1.29, 1.82) is 0 Å². The van der Waals surface area contributed by atoms with Crippen LogP contribution < -0.4 is 10.9 Å². The van der Waals surface area contributed by atoms with Crippen molar-refractivity contribution in [3.63, 3.8) is 0 Å². The summed E-state index contributed by atoms with van der Waals surface area (Å²) in [6.45, 7) is 3.30. The number of ether oxygens (including phenoxy) is 1. The minimum Gasteiger partial charge on any atom is -0.385 e. The average molecular weight is 515 g/mol. The second-order valence-electron chi connectivity index (χ2n) is 7.70. The van der Waals surface area contributed by atoms with Crippen LogP contribution in [0.25, 0.3) is 11.7 Å². The molecule has 34 heavy (non-hydrogen) atoms. The van der Waals surface area contributed by atoms with Crippen LogP contribution in [-0.2, 0) is 16.1 Å². The van der Waals surface area contributed by atoms with Gasteiger partial charge in [0.25, 0.3) is 11.5 Å². The number of benzene rings is 1. The third kappa shape index (κ3) is 5.02. The van der Waals surface area contributed by atoms with Gasteiger partial charge in [-0.3, -0.25) is 18.9 Å². The third-order valence-electron chi connectivity index (χ3n) is 5.34. The Morgan fingerprint density at radius 1 is 1.24 bits per heavy atom. The van der Waals surface area contributed by atoms with Gasteiger partial charge in [-0.05, 0) is 42.7 Å². The Morgan fingerprint density at radius 2 is 2.03 bits per heavy atom. The zero-order chi connectivity index (χ0) is 24.2. The number of hydrogen-bond donors (Lipinski definition) is 1. The highest BCUT2D eigenvalue weighted by molar-refractivity contribution is 8.26. The van der Waals surface area contributed by atoms with E-state index in [1.54, 1.807) is 31.5 Å². The normalized spacial score (nSPS) is 15.0. The van der Waals surface area contributed by atoms with Gasteiger partial charge in [-0.15, -0.1) is 0 Å². The van der Waals surface area contributed by atoms with E-state index in [4.69, 9.17) is 33.5 Å². The summed E-state index contributed by atoms with van der Waals surface area (Å²) in [5.41, 5.74) is 2.27. The quantitative estimate of drug-likeness (QED) is 0.269.